The fourth-order valence-electron chi connectivity index (χ4n) is 1.92. The zero-order valence-electron chi connectivity index (χ0n) is 9.99. The lowest BCUT2D eigenvalue weighted by atomic mass is 10.1. The summed E-state index contributed by atoms with van der Waals surface area (Å²) in [5.41, 5.74) is 0.959. The number of thiophene rings is 1. The molecule has 0 spiro atoms. The second-order valence-electron chi connectivity index (χ2n) is 4.21. The second kappa shape index (κ2) is 6.42. The summed E-state index contributed by atoms with van der Waals surface area (Å²) in [6, 6.07) is 2.61. The van der Waals surface area contributed by atoms with Crippen LogP contribution in [0.25, 0.3) is 0 Å². The predicted octanol–water partition coefficient (Wildman–Crippen LogP) is 2.69. The Balaban J connectivity index is 1.85. The normalized spacial score (nSPS) is 17.0. The number of carbonyl (C=O) groups excluding carboxylic acids is 1. The van der Waals surface area contributed by atoms with Crippen molar-refractivity contribution in [1.29, 1.82) is 0 Å². The Labute approximate surface area is 110 Å². The summed E-state index contributed by atoms with van der Waals surface area (Å²) in [4.78, 5) is 12.3. The van der Waals surface area contributed by atoms with E-state index in [2.05, 4.69) is 10.6 Å². The predicted molar refractivity (Wildman–Crippen MR) is 75.8 cm³/mol. The Kier molecular flexibility index (Phi) is 4.88. The molecule has 0 radical (unpaired) electrons. The summed E-state index contributed by atoms with van der Waals surface area (Å²) < 4.78 is 0. The fraction of sp³-hybridized carbons (Fsp3) is 0.583. The zero-order valence-corrected chi connectivity index (χ0v) is 11.6. The van der Waals surface area contributed by atoms with Crippen molar-refractivity contribution in [3.63, 3.8) is 0 Å². The van der Waals surface area contributed by atoms with Crippen LogP contribution >= 0.6 is 23.1 Å². The van der Waals surface area contributed by atoms with E-state index < -0.39 is 0 Å². The molecule has 1 aromatic heterocycles. The fourth-order valence-corrected chi connectivity index (χ4v) is 3.80. The molecule has 3 nitrogen and oxygen atoms in total. The highest BCUT2D eigenvalue weighted by Gasteiger charge is 2.14. The topological polar surface area (TPSA) is 41.1 Å². The Morgan fingerprint density at radius 1 is 1.47 bits per heavy atom. The van der Waals surface area contributed by atoms with Gasteiger partial charge in [-0.25, -0.2) is 0 Å². The molecule has 0 atom stereocenters. The van der Waals surface area contributed by atoms with Crippen molar-refractivity contribution in [2.45, 2.75) is 32.4 Å². The van der Waals surface area contributed by atoms with Crippen molar-refractivity contribution in [3.8, 4) is 0 Å². The van der Waals surface area contributed by atoms with Gasteiger partial charge >= 0.3 is 0 Å². The van der Waals surface area contributed by atoms with Gasteiger partial charge < -0.3 is 10.6 Å². The van der Waals surface area contributed by atoms with Crippen molar-refractivity contribution in [2.24, 2.45) is 0 Å². The monoisotopic (exact) mass is 270 g/mol. The molecule has 1 saturated heterocycles. The molecule has 1 aromatic rings. The summed E-state index contributed by atoms with van der Waals surface area (Å²) in [5.74, 6) is 2.53. The minimum atomic E-state index is -0.00119. The minimum Gasteiger partial charge on any atom is -0.325 e. The van der Waals surface area contributed by atoms with Gasteiger partial charge in [0.15, 0.2) is 0 Å². The molecule has 17 heavy (non-hydrogen) atoms. The van der Waals surface area contributed by atoms with Crippen molar-refractivity contribution >= 4 is 34.7 Å². The first-order valence-electron chi connectivity index (χ1n) is 5.91. The molecule has 0 bridgehead atoms. The van der Waals surface area contributed by atoms with E-state index in [-0.39, 0.29) is 5.91 Å². The molecular formula is C12H18N2OS2. The molecule has 2 heterocycles. The van der Waals surface area contributed by atoms with E-state index in [1.807, 2.05) is 23.2 Å². The van der Waals surface area contributed by atoms with Crippen molar-refractivity contribution in [1.82, 2.24) is 5.32 Å². The number of carbonyl (C=O) groups is 1. The smallest absolute Gasteiger partial charge is 0.221 e. The van der Waals surface area contributed by atoms with Crippen molar-refractivity contribution in [2.75, 3.05) is 16.8 Å². The molecule has 1 aliphatic rings. The first kappa shape index (κ1) is 12.9. The average molecular weight is 270 g/mol. The molecule has 5 heteroatoms. The molecule has 94 valence electrons. The van der Waals surface area contributed by atoms with Crippen LogP contribution in [-0.4, -0.2) is 23.5 Å². The van der Waals surface area contributed by atoms with Gasteiger partial charge in [0.1, 0.15) is 0 Å². The van der Waals surface area contributed by atoms with Crippen LogP contribution in [0.3, 0.4) is 0 Å². The summed E-state index contributed by atoms with van der Waals surface area (Å²) >= 11 is 3.74. The maximum atomic E-state index is 11.0. The highest BCUT2D eigenvalue weighted by atomic mass is 32.2. The molecule has 2 N–H and O–H groups in total. The van der Waals surface area contributed by atoms with E-state index in [4.69, 9.17) is 0 Å². The molecule has 2 rings (SSSR count). The first-order chi connectivity index (χ1) is 8.25. The van der Waals surface area contributed by atoms with E-state index in [9.17, 15) is 4.79 Å². The van der Waals surface area contributed by atoms with Crippen molar-refractivity contribution < 1.29 is 4.79 Å². The Morgan fingerprint density at radius 3 is 2.94 bits per heavy atom. The first-order valence-corrected chi connectivity index (χ1v) is 7.94. The van der Waals surface area contributed by atoms with E-state index in [0.29, 0.717) is 6.04 Å². The molecule has 0 aliphatic carbocycles. The van der Waals surface area contributed by atoms with Crippen LogP contribution in [-0.2, 0) is 11.3 Å². The molecule has 0 unspecified atom stereocenters. The van der Waals surface area contributed by atoms with Gasteiger partial charge in [-0.3, -0.25) is 4.79 Å². The summed E-state index contributed by atoms with van der Waals surface area (Å²) in [7, 11) is 0. The molecule has 1 fully saturated rings. The van der Waals surface area contributed by atoms with Crippen LogP contribution < -0.4 is 10.6 Å². The average Bonchev–Trinajstić information content (AvgIpc) is 2.74. The number of anilines is 1. The van der Waals surface area contributed by atoms with Crippen LogP contribution in [0.4, 0.5) is 5.69 Å². The highest BCUT2D eigenvalue weighted by Crippen LogP contribution is 2.23. The van der Waals surface area contributed by atoms with E-state index in [1.54, 1.807) is 18.3 Å². The van der Waals surface area contributed by atoms with Gasteiger partial charge in [-0.05, 0) is 35.8 Å². The standard InChI is InChI=1S/C12H18N2OS2/c1-9(15)14-11-4-7-17-12(11)8-13-10-2-5-16-6-3-10/h4,7,10,13H,2-3,5-6,8H2,1H3,(H,14,15). The Bertz CT molecular complexity index is 372. The summed E-state index contributed by atoms with van der Waals surface area (Å²) in [6.07, 6.45) is 2.51. The van der Waals surface area contributed by atoms with Crippen molar-refractivity contribution in [3.05, 3.63) is 16.3 Å². The third-order valence-electron chi connectivity index (χ3n) is 2.83. The van der Waals surface area contributed by atoms with Gasteiger partial charge in [-0.15, -0.1) is 11.3 Å². The zero-order chi connectivity index (χ0) is 12.1. The highest BCUT2D eigenvalue weighted by molar-refractivity contribution is 7.99. The summed E-state index contributed by atoms with van der Waals surface area (Å²) in [5, 5.41) is 8.48. The third kappa shape index (κ3) is 4.01. The number of hydrogen-bond acceptors (Lipinski definition) is 4. The Morgan fingerprint density at radius 2 is 2.24 bits per heavy atom. The summed E-state index contributed by atoms with van der Waals surface area (Å²) in [6.45, 7) is 2.41. The number of hydrogen-bond donors (Lipinski definition) is 2. The van der Waals surface area contributed by atoms with E-state index in [1.165, 1.54) is 29.2 Å². The SMILES string of the molecule is CC(=O)Nc1ccsc1CNC1CCSCC1. The molecular weight excluding hydrogens is 252 g/mol. The van der Waals surface area contributed by atoms with Crippen LogP contribution in [0.1, 0.15) is 24.6 Å². The van der Waals surface area contributed by atoms with E-state index in [0.717, 1.165) is 12.2 Å². The quantitative estimate of drug-likeness (QED) is 0.884. The number of thioether (sulfide) groups is 1. The van der Waals surface area contributed by atoms with Crippen LogP contribution in [0.5, 0.6) is 0 Å². The maximum Gasteiger partial charge on any atom is 0.221 e. The van der Waals surface area contributed by atoms with E-state index >= 15 is 0 Å². The van der Waals surface area contributed by atoms with Crippen LogP contribution in [0, 0.1) is 0 Å². The number of nitrogens with one attached hydrogen (secondary N) is 2. The number of rotatable bonds is 4. The molecule has 0 saturated carbocycles. The number of amides is 1. The Hall–Kier alpha value is -0.520. The second-order valence-corrected chi connectivity index (χ2v) is 6.43. The lowest BCUT2D eigenvalue weighted by molar-refractivity contribution is -0.114. The maximum absolute atomic E-state index is 11.0. The van der Waals surface area contributed by atoms with Gasteiger partial charge in [-0.2, -0.15) is 11.8 Å². The van der Waals surface area contributed by atoms with Crippen LogP contribution in [0.2, 0.25) is 0 Å². The lowest BCUT2D eigenvalue weighted by Crippen LogP contribution is -2.32. The van der Waals surface area contributed by atoms with Gasteiger partial charge in [0.2, 0.25) is 5.91 Å². The van der Waals surface area contributed by atoms with Gasteiger partial charge in [0.25, 0.3) is 0 Å². The minimum absolute atomic E-state index is 0.00119. The third-order valence-corrected chi connectivity index (χ3v) is 4.80. The lowest BCUT2D eigenvalue weighted by Gasteiger charge is -2.22. The van der Waals surface area contributed by atoms with Gasteiger partial charge in [0, 0.05) is 24.4 Å². The largest absolute Gasteiger partial charge is 0.325 e. The van der Waals surface area contributed by atoms with Crippen LogP contribution in [0.15, 0.2) is 11.4 Å². The van der Waals surface area contributed by atoms with Gasteiger partial charge in [0.05, 0.1) is 5.69 Å². The molecule has 1 amide bonds. The van der Waals surface area contributed by atoms with Gasteiger partial charge in [-0.1, -0.05) is 0 Å². The molecule has 1 aliphatic heterocycles. The molecule has 0 aromatic carbocycles.